The molecule has 0 N–H and O–H groups in total. The van der Waals surface area contributed by atoms with Gasteiger partial charge in [-0.1, -0.05) is 54.6 Å². The number of para-hydroxylation sites is 1. The van der Waals surface area contributed by atoms with Crippen LogP contribution in [0.1, 0.15) is 5.56 Å². The van der Waals surface area contributed by atoms with Crippen molar-refractivity contribution in [3.05, 3.63) is 78.4 Å². The average molecular weight is 269 g/mol. The minimum atomic E-state index is 1.06. The summed E-state index contributed by atoms with van der Waals surface area (Å²) in [6, 6.07) is 25.3. The monoisotopic (exact) mass is 269 g/mol. The summed E-state index contributed by atoms with van der Waals surface area (Å²) < 4.78 is 0. The van der Waals surface area contributed by atoms with Crippen LogP contribution >= 0.6 is 0 Å². The van der Waals surface area contributed by atoms with E-state index in [-0.39, 0.29) is 0 Å². The number of fused-ring (bicyclic) bond motifs is 2. The molecule has 0 aliphatic heterocycles. The number of rotatable bonds is 1. The molecule has 0 aliphatic rings. The van der Waals surface area contributed by atoms with Gasteiger partial charge in [-0.05, 0) is 41.8 Å². The Morgan fingerprint density at radius 2 is 1.33 bits per heavy atom. The summed E-state index contributed by atoms with van der Waals surface area (Å²) in [4.78, 5) is 4.77. The fourth-order valence-corrected chi connectivity index (χ4v) is 2.91. The Morgan fingerprint density at radius 3 is 2.19 bits per heavy atom. The molecule has 0 bridgehead atoms. The quantitative estimate of drug-likeness (QED) is 0.424. The molecular weight excluding hydrogens is 254 g/mol. The molecule has 0 fully saturated rings. The lowest BCUT2D eigenvalue weighted by Gasteiger charge is -2.09. The Kier molecular flexibility index (Phi) is 2.71. The van der Waals surface area contributed by atoms with Gasteiger partial charge in [0, 0.05) is 10.8 Å². The van der Waals surface area contributed by atoms with E-state index in [1.807, 2.05) is 12.1 Å². The molecule has 1 aromatic heterocycles. The Bertz CT molecular complexity index is 940. The Labute approximate surface area is 123 Å². The molecule has 0 saturated carbocycles. The molecule has 1 heterocycles. The molecule has 0 atom stereocenters. The molecule has 1 nitrogen and oxygen atoms in total. The predicted octanol–water partition coefficient (Wildman–Crippen LogP) is 5.36. The second-order valence-electron chi connectivity index (χ2n) is 5.35. The minimum absolute atomic E-state index is 1.06. The smallest absolute Gasteiger partial charge is 0.0712 e. The van der Waals surface area contributed by atoms with Gasteiger partial charge in [-0.15, -0.1) is 0 Å². The summed E-state index contributed by atoms with van der Waals surface area (Å²) in [7, 11) is 0. The fraction of sp³-hybridized carbons (Fsp3) is 0.0500. The maximum absolute atomic E-state index is 4.77. The number of pyridine rings is 1. The van der Waals surface area contributed by atoms with Crippen molar-refractivity contribution in [3.63, 3.8) is 0 Å². The molecule has 4 rings (SSSR count). The van der Waals surface area contributed by atoms with E-state index in [9.17, 15) is 0 Å². The highest BCUT2D eigenvalue weighted by atomic mass is 14.7. The van der Waals surface area contributed by atoms with Crippen molar-refractivity contribution in [2.45, 2.75) is 6.92 Å². The van der Waals surface area contributed by atoms with Crippen molar-refractivity contribution in [1.29, 1.82) is 0 Å². The molecule has 0 unspecified atom stereocenters. The summed E-state index contributed by atoms with van der Waals surface area (Å²) in [5.74, 6) is 0. The van der Waals surface area contributed by atoms with Crippen molar-refractivity contribution in [3.8, 4) is 11.1 Å². The molecule has 3 aromatic carbocycles. The van der Waals surface area contributed by atoms with Crippen molar-refractivity contribution in [2.75, 3.05) is 0 Å². The minimum Gasteiger partial charge on any atom is -0.248 e. The van der Waals surface area contributed by atoms with E-state index in [1.165, 1.54) is 27.5 Å². The SMILES string of the molecule is Cc1c2ccccc2nc2ccc(-c3ccccc3)cc12. The maximum Gasteiger partial charge on any atom is 0.0712 e. The van der Waals surface area contributed by atoms with Crippen LogP contribution in [-0.4, -0.2) is 4.98 Å². The Morgan fingerprint density at radius 1 is 0.619 bits per heavy atom. The zero-order valence-electron chi connectivity index (χ0n) is 11.9. The van der Waals surface area contributed by atoms with Crippen molar-refractivity contribution in [1.82, 2.24) is 4.98 Å². The van der Waals surface area contributed by atoms with E-state index in [1.54, 1.807) is 0 Å². The number of hydrogen-bond acceptors (Lipinski definition) is 1. The molecule has 0 radical (unpaired) electrons. The summed E-state index contributed by atoms with van der Waals surface area (Å²) in [5, 5.41) is 2.46. The molecule has 0 spiro atoms. The van der Waals surface area contributed by atoms with Gasteiger partial charge in [-0.3, -0.25) is 0 Å². The van der Waals surface area contributed by atoms with Gasteiger partial charge < -0.3 is 0 Å². The number of aromatic nitrogens is 1. The lowest BCUT2D eigenvalue weighted by atomic mass is 9.99. The normalized spacial score (nSPS) is 11.1. The van der Waals surface area contributed by atoms with E-state index < -0.39 is 0 Å². The summed E-state index contributed by atoms with van der Waals surface area (Å²) in [5.41, 5.74) is 5.91. The van der Waals surface area contributed by atoms with E-state index >= 15 is 0 Å². The van der Waals surface area contributed by atoms with Crippen LogP contribution in [-0.2, 0) is 0 Å². The highest BCUT2D eigenvalue weighted by Gasteiger charge is 2.06. The topological polar surface area (TPSA) is 12.9 Å². The lowest BCUT2D eigenvalue weighted by molar-refractivity contribution is 1.45. The molecule has 21 heavy (non-hydrogen) atoms. The van der Waals surface area contributed by atoms with Gasteiger partial charge in [0.15, 0.2) is 0 Å². The van der Waals surface area contributed by atoms with Crippen LogP contribution < -0.4 is 0 Å². The van der Waals surface area contributed by atoms with Crippen LogP contribution in [0.15, 0.2) is 72.8 Å². The molecule has 0 saturated heterocycles. The fourth-order valence-electron chi connectivity index (χ4n) is 2.91. The van der Waals surface area contributed by atoms with Crippen LogP contribution in [0.5, 0.6) is 0 Å². The van der Waals surface area contributed by atoms with Gasteiger partial charge in [-0.25, -0.2) is 4.98 Å². The third kappa shape index (κ3) is 1.98. The van der Waals surface area contributed by atoms with Gasteiger partial charge in [0.25, 0.3) is 0 Å². The number of benzene rings is 3. The standard InChI is InChI=1S/C20H15N/c1-14-17-9-5-6-10-19(17)21-20-12-11-16(13-18(14)20)15-7-3-2-4-8-15/h2-13H,1H3. The van der Waals surface area contributed by atoms with Crippen molar-refractivity contribution < 1.29 is 0 Å². The Balaban J connectivity index is 2.03. The molecular formula is C20H15N. The second-order valence-corrected chi connectivity index (χ2v) is 5.35. The summed E-state index contributed by atoms with van der Waals surface area (Å²) >= 11 is 0. The van der Waals surface area contributed by atoms with Gasteiger partial charge in [0.1, 0.15) is 0 Å². The number of aryl methyl sites for hydroxylation is 1. The number of nitrogens with zero attached hydrogens (tertiary/aromatic N) is 1. The summed E-state index contributed by atoms with van der Waals surface area (Å²) in [6.07, 6.45) is 0. The largest absolute Gasteiger partial charge is 0.248 e. The first-order valence-corrected chi connectivity index (χ1v) is 7.17. The predicted molar refractivity (Wildman–Crippen MR) is 89.4 cm³/mol. The van der Waals surface area contributed by atoms with Gasteiger partial charge >= 0.3 is 0 Å². The van der Waals surface area contributed by atoms with E-state index in [0.717, 1.165) is 11.0 Å². The van der Waals surface area contributed by atoms with E-state index in [4.69, 9.17) is 4.98 Å². The average Bonchev–Trinajstić information content (AvgIpc) is 2.56. The molecule has 100 valence electrons. The van der Waals surface area contributed by atoms with Crippen molar-refractivity contribution >= 4 is 21.8 Å². The highest BCUT2D eigenvalue weighted by molar-refractivity contribution is 5.98. The lowest BCUT2D eigenvalue weighted by Crippen LogP contribution is -1.88. The van der Waals surface area contributed by atoms with Gasteiger partial charge in [0.2, 0.25) is 0 Å². The van der Waals surface area contributed by atoms with Gasteiger partial charge in [0.05, 0.1) is 11.0 Å². The second kappa shape index (κ2) is 4.71. The van der Waals surface area contributed by atoms with Crippen LogP contribution in [0.2, 0.25) is 0 Å². The zero-order chi connectivity index (χ0) is 14.2. The zero-order valence-corrected chi connectivity index (χ0v) is 11.9. The summed E-state index contributed by atoms with van der Waals surface area (Å²) in [6.45, 7) is 2.18. The van der Waals surface area contributed by atoms with Crippen LogP contribution in [0.4, 0.5) is 0 Å². The van der Waals surface area contributed by atoms with Crippen LogP contribution in [0.3, 0.4) is 0 Å². The maximum atomic E-state index is 4.77. The van der Waals surface area contributed by atoms with Gasteiger partial charge in [-0.2, -0.15) is 0 Å². The first-order valence-electron chi connectivity index (χ1n) is 7.17. The van der Waals surface area contributed by atoms with Crippen LogP contribution in [0, 0.1) is 6.92 Å². The van der Waals surface area contributed by atoms with E-state index in [2.05, 4.69) is 67.6 Å². The highest BCUT2D eigenvalue weighted by Crippen LogP contribution is 2.29. The third-order valence-corrected chi connectivity index (χ3v) is 4.06. The molecule has 1 heteroatoms. The molecule has 4 aromatic rings. The number of hydrogen-bond donors (Lipinski definition) is 0. The van der Waals surface area contributed by atoms with E-state index in [0.29, 0.717) is 0 Å². The first kappa shape index (κ1) is 12.1. The third-order valence-electron chi connectivity index (χ3n) is 4.06. The Hall–Kier alpha value is -2.67. The molecule has 0 aliphatic carbocycles. The first-order chi connectivity index (χ1) is 10.3. The molecule has 0 amide bonds. The van der Waals surface area contributed by atoms with Crippen LogP contribution in [0.25, 0.3) is 32.9 Å². The van der Waals surface area contributed by atoms with Crippen molar-refractivity contribution in [2.24, 2.45) is 0 Å².